The third-order valence-corrected chi connectivity index (χ3v) is 17.4. The molecular formula is C41H67NO5. The summed E-state index contributed by atoms with van der Waals surface area (Å²) in [7, 11) is 1.73. The van der Waals surface area contributed by atoms with Crippen LogP contribution in [0.5, 0.6) is 0 Å². The van der Waals surface area contributed by atoms with Crippen LogP contribution in [0.4, 0.5) is 0 Å². The molecule has 266 valence electrons. The van der Waals surface area contributed by atoms with Crippen molar-refractivity contribution < 1.29 is 23.8 Å². The standard InChI is InChI=1S/C41H67NO5/c1-27(43)47-33-13-16-38(5)31(36(33,2)3)12-17-40(7)32(38)10-9-30-34-29(37(4)19-20-37)11-18-41(34,22-21-39(30,40)6)35(44)42-23-14-28(15-24-42)46-26-25-45-8/h28-34H,9-26H2,1-8H3/t29-,30-,31+,32-,33+,34-,38+,39-,40-,41+/m1/s1. The molecule has 10 atom stereocenters. The number of nitrogens with zero attached hydrogens (tertiary/aromatic N) is 1. The molecule has 0 aromatic heterocycles. The molecule has 0 unspecified atom stereocenters. The zero-order valence-electron chi connectivity index (χ0n) is 31.3. The van der Waals surface area contributed by atoms with Gasteiger partial charge in [-0.2, -0.15) is 0 Å². The van der Waals surface area contributed by atoms with Crippen LogP contribution >= 0.6 is 0 Å². The molecule has 47 heavy (non-hydrogen) atoms. The Labute approximate surface area is 286 Å². The molecule has 1 aliphatic heterocycles. The van der Waals surface area contributed by atoms with Crippen LogP contribution in [-0.2, 0) is 23.8 Å². The zero-order valence-corrected chi connectivity index (χ0v) is 31.3. The molecule has 1 amide bonds. The van der Waals surface area contributed by atoms with Crippen molar-refractivity contribution in [2.24, 2.45) is 62.1 Å². The number of carbonyl (C=O) groups is 2. The van der Waals surface area contributed by atoms with E-state index in [0.29, 0.717) is 54.1 Å². The minimum absolute atomic E-state index is 0.00866. The van der Waals surface area contributed by atoms with Crippen LogP contribution in [-0.4, -0.2) is 62.4 Å². The van der Waals surface area contributed by atoms with Crippen LogP contribution in [0.1, 0.15) is 138 Å². The number of carbonyl (C=O) groups excluding carboxylic acids is 2. The number of amides is 1. The van der Waals surface area contributed by atoms with E-state index in [1.807, 2.05) is 0 Å². The Kier molecular flexibility index (Phi) is 8.55. The molecule has 6 heteroatoms. The molecule has 1 heterocycles. The van der Waals surface area contributed by atoms with Crippen molar-refractivity contribution >= 4 is 11.9 Å². The smallest absolute Gasteiger partial charge is 0.302 e. The van der Waals surface area contributed by atoms with Crippen LogP contribution in [0.3, 0.4) is 0 Å². The predicted molar refractivity (Wildman–Crippen MR) is 184 cm³/mol. The first-order chi connectivity index (χ1) is 22.2. The molecule has 0 spiro atoms. The minimum atomic E-state index is -0.168. The molecule has 6 nitrogen and oxygen atoms in total. The van der Waals surface area contributed by atoms with E-state index < -0.39 is 0 Å². The van der Waals surface area contributed by atoms with Crippen molar-refractivity contribution in [3.63, 3.8) is 0 Å². The van der Waals surface area contributed by atoms with E-state index in [0.717, 1.165) is 51.6 Å². The van der Waals surface area contributed by atoms with Gasteiger partial charge in [-0.3, -0.25) is 9.59 Å². The number of piperidine rings is 1. The van der Waals surface area contributed by atoms with Gasteiger partial charge in [-0.25, -0.2) is 0 Å². The lowest BCUT2D eigenvalue weighted by atomic mass is 9.32. The average Bonchev–Trinajstić information content (AvgIpc) is 3.64. The summed E-state index contributed by atoms with van der Waals surface area (Å²) in [4.78, 5) is 29.4. The van der Waals surface area contributed by atoms with Crippen LogP contribution in [0.25, 0.3) is 0 Å². The van der Waals surface area contributed by atoms with Crippen LogP contribution in [0, 0.1) is 62.1 Å². The number of hydrogen-bond donors (Lipinski definition) is 0. The summed E-state index contributed by atoms with van der Waals surface area (Å²) in [6.07, 6.45) is 16.8. The zero-order chi connectivity index (χ0) is 33.6. The second kappa shape index (κ2) is 11.7. The molecule has 7 aliphatic rings. The second-order valence-electron chi connectivity index (χ2n) is 19.5. The highest BCUT2D eigenvalue weighted by Gasteiger charge is 2.73. The number of ether oxygens (including phenoxy) is 3. The van der Waals surface area contributed by atoms with Gasteiger partial charge in [0.1, 0.15) is 6.10 Å². The summed E-state index contributed by atoms with van der Waals surface area (Å²) in [5, 5.41) is 0. The Hall–Kier alpha value is -1.14. The fourth-order valence-corrected chi connectivity index (χ4v) is 14.5. The molecule has 7 fully saturated rings. The highest BCUT2D eigenvalue weighted by molar-refractivity contribution is 5.84. The van der Waals surface area contributed by atoms with Gasteiger partial charge < -0.3 is 19.1 Å². The molecule has 7 rings (SSSR count). The molecule has 6 saturated carbocycles. The number of likely N-dealkylation sites (tertiary alicyclic amines) is 1. The first-order valence-corrected chi connectivity index (χ1v) is 19.7. The van der Waals surface area contributed by atoms with E-state index in [9.17, 15) is 4.79 Å². The summed E-state index contributed by atoms with van der Waals surface area (Å²) in [6, 6.07) is 0. The number of esters is 1. The maximum Gasteiger partial charge on any atom is 0.302 e. The van der Waals surface area contributed by atoms with Gasteiger partial charge in [0.2, 0.25) is 5.91 Å². The van der Waals surface area contributed by atoms with Gasteiger partial charge in [0, 0.05) is 32.5 Å². The second-order valence-corrected chi connectivity index (χ2v) is 19.5. The van der Waals surface area contributed by atoms with E-state index in [2.05, 4.69) is 46.4 Å². The van der Waals surface area contributed by atoms with Crippen LogP contribution < -0.4 is 0 Å². The molecule has 0 N–H and O–H groups in total. The number of fused-ring (bicyclic) bond motifs is 7. The monoisotopic (exact) mass is 654 g/mol. The molecule has 0 aromatic carbocycles. The van der Waals surface area contributed by atoms with Gasteiger partial charge in [0.15, 0.2) is 0 Å². The maximum absolute atomic E-state index is 15.0. The molecule has 0 radical (unpaired) electrons. The summed E-state index contributed by atoms with van der Waals surface area (Å²) in [5.41, 5.74) is 1.05. The van der Waals surface area contributed by atoms with Crippen LogP contribution in [0.2, 0.25) is 0 Å². The summed E-state index contributed by atoms with van der Waals surface area (Å²) in [6.45, 7) is 20.0. The highest BCUT2D eigenvalue weighted by Crippen LogP contribution is 2.79. The van der Waals surface area contributed by atoms with E-state index in [1.165, 1.54) is 51.4 Å². The van der Waals surface area contributed by atoms with E-state index in [-0.39, 0.29) is 45.3 Å². The molecular weight excluding hydrogens is 586 g/mol. The topological polar surface area (TPSA) is 65.1 Å². The van der Waals surface area contributed by atoms with Crippen molar-refractivity contribution in [3.05, 3.63) is 0 Å². The number of hydrogen-bond acceptors (Lipinski definition) is 5. The van der Waals surface area contributed by atoms with Gasteiger partial charge in [0.05, 0.1) is 24.7 Å². The molecule has 0 aromatic rings. The Morgan fingerprint density at radius 2 is 1.43 bits per heavy atom. The van der Waals surface area contributed by atoms with Gasteiger partial charge in [0.25, 0.3) is 0 Å². The van der Waals surface area contributed by atoms with E-state index in [4.69, 9.17) is 14.2 Å². The average molecular weight is 654 g/mol. The van der Waals surface area contributed by atoms with Crippen molar-refractivity contribution in [3.8, 4) is 0 Å². The summed E-state index contributed by atoms with van der Waals surface area (Å²) >= 11 is 0. The third kappa shape index (κ3) is 5.04. The SMILES string of the molecule is COCCOC1CCN(C(=O)[C@]23CC[C@@H](C4(C)CC4)[C@@H]2[C@H]2CC[C@@H]4[C@@]5(C)CC[C@H](OC(C)=O)C(C)(C)[C@@H]5CC[C@@]4(C)[C@]2(C)CC3)CC1. The lowest BCUT2D eigenvalue weighted by Gasteiger charge is -2.73. The lowest BCUT2D eigenvalue weighted by molar-refractivity contribution is -0.251. The molecule has 6 aliphatic carbocycles. The van der Waals surface area contributed by atoms with Gasteiger partial charge >= 0.3 is 5.97 Å². The molecule has 0 bridgehead atoms. The van der Waals surface area contributed by atoms with Crippen molar-refractivity contribution in [2.75, 3.05) is 33.4 Å². The Balaban J connectivity index is 1.16. The fraction of sp³-hybridized carbons (Fsp3) is 0.951. The van der Waals surface area contributed by atoms with Crippen molar-refractivity contribution in [2.45, 2.75) is 151 Å². The largest absolute Gasteiger partial charge is 0.462 e. The Bertz CT molecular complexity index is 1220. The number of methoxy groups -OCH3 is 1. The Morgan fingerprint density at radius 3 is 2.09 bits per heavy atom. The summed E-state index contributed by atoms with van der Waals surface area (Å²) in [5.74, 6) is 3.49. The predicted octanol–water partition coefficient (Wildman–Crippen LogP) is 8.45. The summed E-state index contributed by atoms with van der Waals surface area (Å²) < 4.78 is 17.3. The van der Waals surface area contributed by atoms with Gasteiger partial charge in [-0.15, -0.1) is 0 Å². The van der Waals surface area contributed by atoms with Gasteiger partial charge in [-0.05, 0) is 141 Å². The number of rotatable bonds is 7. The highest BCUT2D eigenvalue weighted by atomic mass is 16.5. The van der Waals surface area contributed by atoms with E-state index >= 15 is 4.79 Å². The first kappa shape index (κ1) is 34.3. The Morgan fingerprint density at radius 1 is 0.702 bits per heavy atom. The van der Waals surface area contributed by atoms with Gasteiger partial charge in [-0.1, -0.05) is 41.5 Å². The van der Waals surface area contributed by atoms with E-state index in [1.54, 1.807) is 14.0 Å². The minimum Gasteiger partial charge on any atom is -0.462 e. The first-order valence-electron chi connectivity index (χ1n) is 19.7. The quantitative estimate of drug-likeness (QED) is 0.204. The fourth-order valence-electron chi connectivity index (χ4n) is 14.5. The molecule has 1 saturated heterocycles. The normalized spacial score (nSPS) is 46.9. The van der Waals surface area contributed by atoms with Crippen molar-refractivity contribution in [1.82, 2.24) is 4.90 Å². The van der Waals surface area contributed by atoms with Crippen molar-refractivity contribution in [1.29, 1.82) is 0 Å². The third-order valence-electron chi connectivity index (χ3n) is 17.4. The lowest BCUT2D eigenvalue weighted by Crippen LogP contribution is -2.67. The van der Waals surface area contributed by atoms with Crippen LogP contribution in [0.15, 0.2) is 0 Å². The maximum atomic E-state index is 15.0.